The fourth-order valence-corrected chi connectivity index (χ4v) is 3.17. The largest absolute Gasteiger partial charge is 0.478 e. The number of halogens is 1. The number of hydrogen-bond acceptors (Lipinski definition) is 6. The van der Waals surface area contributed by atoms with E-state index in [1.807, 2.05) is 0 Å². The number of carbonyl (C=O) groups excluding carboxylic acids is 3. The minimum Gasteiger partial charge on any atom is -0.478 e. The van der Waals surface area contributed by atoms with Crippen molar-refractivity contribution < 1.29 is 38.1 Å². The topological polar surface area (TPSA) is 119 Å². The summed E-state index contributed by atoms with van der Waals surface area (Å²) in [5, 5.41) is 12.0. The highest BCUT2D eigenvalue weighted by atomic mass is 19.1. The molecule has 2 N–H and O–H groups in total. The van der Waals surface area contributed by atoms with Crippen molar-refractivity contribution in [1.29, 1.82) is 0 Å². The molecular formula is C26H22FNO7. The van der Waals surface area contributed by atoms with Crippen LogP contribution in [0.15, 0.2) is 72.8 Å². The first-order chi connectivity index (χ1) is 16.7. The molecule has 9 heteroatoms. The Morgan fingerprint density at radius 3 is 1.77 bits per heavy atom. The predicted octanol–water partition coefficient (Wildman–Crippen LogP) is 3.92. The van der Waals surface area contributed by atoms with E-state index in [0.717, 1.165) is 6.07 Å². The second-order valence-electron chi connectivity index (χ2n) is 7.70. The molecule has 3 aromatic rings. The molecule has 1 amide bonds. The number of ether oxygens (including phenoxy) is 2. The molecule has 0 aromatic heterocycles. The Morgan fingerprint density at radius 1 is 0.771 bits per heavy atom. The standard InChI is InChI=1S/C26H22FNO7/c1-15-7-5-9-17(13-15)25(32)34-21(23(29)28-20-12-4-3-11-19(20)27)22(24(30)31)35-26(33)18-10-6-8-16(2)14-18/h3-14,21-22H,1-2H3,(H,28,29)(H,30,31). The predicted molar refractivity (Wildman–Crippen MR) is 123 cm³/mol. The van der Waals surface area contributed by atoms with Crippen molar-refractivity contribution >= 4 is 29.5 Å². The van der Waals surface area contributed by atoms with E-state index in [4.69, 9.17) is 9.47 Å². The van der Waals surface area contributed by atoms with Crippen LogP contribution in [-0.2, 0) is 19.1 Å². The number of para-hydroxylation sites is 1. The average molecular weight is 479 g/mol. The van der Waals surface area contributed by atoms with Crippen LogP contribution in [0.4, 0.5) is 10.1 Å². The molecule has 2 unspecified atom stereocenters. The Hall–Kier alpha value is -4.53. The molecule has 180 valence electrons. The van der Waals surface area contributed by atoms with Crippen molar-refractivity contribution in [2.45, 2.75) is 26.1 Å². The first kappa shape index (κ1) is 25.1. The van der Waals surface area contributed by atoms with E-state index >= 15 is 0 Å². The lowest BCUT2D eigenvalue weighted by Crippen LogP contribution is -2.48. The van der Waals surface area contributed by atoms with Gasteiger partial charge in [0.1, 0.15) is 5.82 Å². The molecule has 0 fully saturated rings. The van der Waals surface area contributed by atoms with E-state index in [1.165, 1.54) is 42.5 Å². The fraction of sp³-hybridized carbons (Fsp3) is 0.154. The van der Waals surface area contributed by atoms with E-state index in [1.54, 1.807) is 38.1 Å². The molecule has 8 nitrogen and oxygen atoms in total. The maximum absolute atomic E-state index is 14.1. The van der Waals surface area contributed by atoms with Gasteiger partial charge in [-0.3, -0.25) is 4.79 Å². The van der Waals surface area contributed by atoms with Gasteiger partial charge in [0.15, 0.2) is 0 Å². The zero-order valence-corrected chi connectivity index (χ0v) is 18.9. The average Bonchev–Trinajstić information content (AvgIpc) is 2.82. The highest BCUT2D eigenvalue weighted by molar-refractivity contribution is 6.01. The van der Waals surface area contributed by atoms with Gasteiger partial charge in [-0.15, -0.1) is 0 Å². The number of hydrogen-bond donors (Lipinski definition) is 2. The first-order valence-electron chi connectivity index (χ1n) is 10.5. The van der Waals surface area contributed by atoms with Crippen LogP contribution in [0.25, 0.3) is 0 Å². The van der Waals surface area contributed by atoms with E-state index in [-0.39, 0.29) is 16.8 Å². The zero-order valence-electron chi connectivity index (χ0n) is 18.9. The molecule has 0 aliphatic rings. The molecule has 0 bridgehead atoms. The zero-order chi connectivity index (χ0) is 25.5. The van der Waals surface area contributed by atoms with Crippen molar-refractivity contribution in [3.05, 3.63) is 101 Å². The van der Waals surface area contributed by atoms with Crippen LogP contribution >= 0.6 is 0 Å². The number of carboxylic acid groups (broad SMARTS) is 1. The summed E-state index contributed by atoms with van der Waals surface area (Å²) < 4.78 is 24.4. The third kappa shape index (κ3) is 6.50. The third-order valence-corrected chi connectivity index (χ3v) is 4.88. The molecule has 0 saturated heterocycles. The Morgan fingerprint density at radius 2 is 1.29 bits per heavy atom. The van der Waals surface area contributed by atoms with Gasteiger partial charge in [0, 0.05) is 0 Å². The lowest BCUT2D eigenvalue weighted by Gasteiger charge is -2.23. The van der Waals surface area contributed by atoms with Gasteiger partial charge in [0.05, 0.1) is 16.8 Å². The third-order valence-electron chi connectivity index (χ3n) is 4.88. The van der Waals surface area contributed by atoms with E-state index in [0.29, 0.717) is 11.1 Å². The van der Waals surface area contributed by atoms with Gasteiger partial charge in [-0.1, -0.05) is 47.5 Å². The van der Waals surface area contributed by atoms with Crippen molar-refractivity contribution in [2.24, 2.45) is 0 Å². The van der Waals surface area contributed by atoms with Gasteiger partial charge in [-0.2, -0.15) is 0 Å². The number of amides is 1. The molecule has 3 rings (SSSR count). The van der Waals surface area contributed by atoms with Crippen molar-refractivity contribution in [3.8, 4) is 0 Å². The second-order valence-corrected chi connectivity index (χ2v) is 7.70. The molecule has 0 heterocycles. The summed E-state index contributed by atoms with van der Waals surface area (Å²) in [5.41, 5.74) is 1.24. The lowest BCUT2D eigenvalue weighted by molar-refractivity contribution is -0.157. The van der Waals surface area contributed by atoms with Crippen LogP contribution in [-0.4, -0.2) is 41.1 Å². The minimum absolute atomic E-state index is 0.0366. The quantitative estimate of drug-likeness (QED) is 0.470. The number of aliphatic carboxylic acids is 1. The van der Waals surface area contributed by atoms with Gasteiger partial charge in [-0.25, -0.2) is 18.8 Å². The van der Waals surface area contributed by atoms with Crippen molar-refractivity contribution in [2.75, 3.05) is 5.32 Å². The Balaban J connectivity index is 1.93. The second kappa shape index (κ2) is 11.1. The maximum atomic E-state index is 14.1. The van der Waals surface area contributed by atoms with E-state index < -0.39 is 41.8 Å². The Labute approximate surface area is 200 Å². The summed E-state index contributed by atoms with van der Waals surface area (Å²) in [6.07, 6.45) is -4.35. The van der Waals surface area contributed by atoms with Crippen LogP contribution in [0.2, 0.25) is 0 Å². The van der Waals surface area contributed by atoms with Gasteiger partial charge in [0.2, 0.25) is 12.2 Å². The summed E-state index contributed by atoms with van der Waals surface area (Å²) in [7, 11) is 0. The van der Waals surface area contributed by atoms with Crippen LogP contribution in [0.5, 0.6) is 0 Å². The van der Waals surface area contributed by atoms with Gasteiger partial charge >= 0.3 is 17.9 Å². The molecule has 0 aliphatic heterocycles. The maximum Gasteiger partial charge on any atom is 0.349 e. The molecule has 35 heavy (non-hydrogen) atoms. The molecule has 2 atom stereocenters. The number of aryl methyl sites for hydroxylation is 2. The van der Waals surface area contributed by atoms with Crippen LogP contribution < -0.4 is 5.32 Å². The molecule has 0 spiro atoms. The highest BCUT2D eigenvalue weighted by Crippen LogP contribution is 2.18. The molecule has 0 aliphatic carbocycles. The molecule has 0 saturated carbocycles. The number of esters is 2. The van der Waals surface area contributed by atoms with E-state index in [2.05, 4.69) is 5.32 Å². The first-order valence-corrected chi connectivity index (χ1v) is 10.5. The summed E-state index contributed by atoms with van der Waals surface area (Å²) in [5.74, 6) is -5.80. The van der Waals surface area contributed by atoms with Gasteiger partial charge in [0.25, 0.3) is 5.91 Å². The Bertz CT molecular complexity index is 1270. The highest BCUT2D eigenvalue weighted by Gasteiger charge is 2.41. The number of carbonyl (C=O) groups is 4. The SMILES string of the molecule is Cc1cccc(C(=O)OC(C(=O)O)C(OC(=O)c2cccc(C)c2)C(=O)Nc2ccccc2F)c1. The monoisotopic (exact) mass is 479 g/mol. The van der Waals surface area contributed by atoms with Crippen molar-refractivity contribution in [3.63, 3.8) is 0 Å². The number of nitrogens with one attached hydrogen (secondary N) is 1. The minimum atomic E-state index is -2.22. The van der Waals surface area contributed by atoms with E-state index in [9.17, 15) is 28.7 Å². The van der Waals surface area contributed by atoms with Crippen LogP contribution in [0.3, 0.4) is 0 Å². The smallest absolute Gasteiger partial charge is 0.349 e. The number of carboxylic acids is 1. The number of anilines is 1. The number of benzene rings is 3. The Kier molecular flexibility index (Phi) is 7.93. The normalized spacial score (nSPS) is 12.2. The van der Waals surface area contributed by atoms with Crippen LogP contribution in [0, 0.1) is 19.7 Å². The lowest BCUT2D eigenvalue weighted by atomic mass is 10.1. The summed E-state index contributed by atoms with van der Waals surface area (Å²) in [6.45, 7) is 3.45. The van der Waals surface area contributed by atoms with Gasteiger partial charge in [-0.05, 0) is 50.2 Å². The summed E-state index contributed by atoms with van der Waals surface area (Å²) >= 11 is 0. The number of rotatable bonds is 8. The summed E-state index contributed by atoms with van der Waals surface area (Å²) in [4.78, 5) is 50.4. The molecule has 3 aromatic carbocycles. The van der Waals surface area contributed by atoms with Crippen molar-refractivity contribution in [1.82, 2.24) is 0 Å². The molecule has 0 radical (unpaired) electrons. The van der Waals surface area contributed by atoms with Gasteiger partial charge < -0.3 is 19.9 Å². The summed E-state index contributed by atoms with van der Waals surface area (Å²) in [6, 6.07) is 17.5. The fourth-order valence-electron chi connectivity index (χ4n) is 3.17. The molecular weight excluding hydrogens is 457 g/mol. The van der Waals surface area contributed by atoms with Crippen LogP contribution in [0.1, 0.15) is 31.8 Å².